The lowest BCUT2D eigenvalue weighted by atomic mass is 9.96. The highest BCUT2D eigenvalue weighted by atomic mass is 35.5. The lowest BCUT2D eigenvalue weighted by molar-refractivity contribution is -0.139. The Morgan fingerprint density at radius 1 is 1.05 bits per heavy atom. The van der Waals surface area contributed by atoms with E-state index in [9.17, 15) is 14.4 Å². The van der Waals surface area contributed by atoms with Gasteiger partial charge in [-0.25, -0.2) is 9.37 Å². The molecule has 206 valence electrons. The number of benzene rings is 3. The molecule has 7 rings (SSSR count). The zero-order chi connectivity index (χ0) is 28.4. The van der Waals surface area contributed by atoms with Crippen molar-refractivity contribution < 1.29 is 18.8 Å². The van der Waals surface area contributed by atoms with E-state index in [2.05, 4.69) is 15.1 Å². The molecule has 1 aliphatic heterocycles. The van der Waals surface area contributed by atoms with Gasteiger partial charge in [0, 0.05) is 35.9 Å². The number of carbonyl (C=O) groups is 3. The molecule has 0 radical (unpaired) electrons. The maximum atomic E-state index is 15.8. The molecular formula is C31H25ClFN5O3. The van der Waals surface area contributed by atoms with Gasteiger partial charge in [0.1, 0.15) is 23.6 Å². The highest BCUT2D eigenvalue weighted by molar-refractivity contribution is 6.37. The van der Waals surface area contributed by atoms with E-state index in [0.29, 0.717) is 44.7 Å². The van der Waals surface area contributed by atoms with Crippen LogP contribution in [0.4, 0.5) is 4.39 Å². The van der Waals surface area contributed by atoms with E-state index in [-0.39, 0.29) is 48.0 Å². The van der Waals surface area contributed by atoms with Crippen LogP contribution in [-0.4, -0.2) is 54.2 Å². The quantitative estimate of drug-likeness (QED) is 0.265. The molecular weight excluding hydrogens is 545 g/mol. The first-order chi connectivity index (χ1) is 19.8. The SMILES string of the molecule is CC(=O)c1nn(CC(=O)N2[C@@H]3C[C@@H]3C[C@H]2C(=O)Cc2cccc(-c3ccc4[nH]cnc4c3Cl)c2F)c2ccccc12. The smallest absolute Gasteiger partial charge is 0.245 e. The largest absolute Gasteiger partial charge is 0.345 e. The molecule has 5 aromatic rings. The molecule has 41 heavy (non-hydrogen) atoms. The Kier molecular flexibility index (Phi) is 6.01. The molecule has 1 aliphatic carbocycles. The number of aromatic amines is 1. The molecule has 3 heterocycles. The van der Waals surface area contributed by atoms with Crippen molar-refractivity contribution in [1.82, 2.24) is 24.6 Å². The number of likely N-dealkylation sites (tertiary alicyclic amines) is 1. The Bertz CT molecular complexity index is 1900. The molecule has 3 atom stereocenters. The zero-order valence-corrected chi connectivity index (χ0v) is 22.9. The van der Waals surface area contributed by atoms with E-state index in [1.54, 1.807) is 35.2 Å². The van der Waals surface area contributed by atoms with Gasteiger partial charge < -0.3 is 9.88 Å². The van der Waals surface area contributed by atoms with Crippen LogP contribution in [0.2, 0.25) is 5.02 Å². The van der Waals surface area contributed by atoms with E-state index in [1.807, 2.05) is 24.3 Å². The Morgan fingerprint density at radius 2 is 1.88 bits per heavy atom. The predicted octanol–water partition coefficient (Wildman–Crippen LogP) is 5.38. The number of piperidine rings is 1. The maximum absolute atomic E-state index is 15.8. The first-order valence-electron chi connectivity index (χ1n) is 13.5. The Morgan fingerprint density at radius 3 is 2.71 bits per heavy atom. The van der Waals surface area contributed by atoms with Gasteiger partial charge in [-0.15, -0.1) is 0 Å². The molecule has 8 nitrogen and oxygen atoms in total. The Labute approximate surface area is 239 Å². The topological polar surface area (TPSA) is 101 Å². The Hall–Kier alpha value is -4.37. The van der Waals surface area contributed by atoms with Crippen LogP contribution in [-0.2, 0) is 22.6 Å². The zero-order valence-electron chi connectivity index (χ0n) is 22.1. The second kappa shape index (κ2) is 9.62. The number of para-hydroxylation sites is 1. The lowest BCUT2D eigenvalue weighted by Crippen LogP contribution is -2.45. The third kappa shape index (κ3) is 4.23. The summed E-state index contributed by atoms with van der Waals surface area (Å²) in [6, 6.07) is 15.1. The maximum Gasteiger partial charge on any atom is 0.245 e. The average Bonchev–Trinajstić information content (AvgIpc) is 3.29. The lowest BCUT2D eigenvalue weighted by Gasteiger charge is -2.27. The molecule has 1 N–H and O–H groups in total. The number of ketones is 2. The third-order valence-corrected chi connectivity index (χ3v) is 8.69. The van der Waals surface area contributed by atoms with Crippen molar-refractivity contribution in [2.75, 3.05) is 0 Å². The van der Waals surface area contributed by atoms with Crippen LogP contribution in [0.15, 0.2) is 60.9 Å². The molecule has 1 saturated carbocycles. The second-order valence-corrected chi connectivity index (χ2v) is 11.2. The number of fused-ring (bicyclic) bond motifs is 3. The van der Waals surface area contributed by atoms with E-state index in [1.165, 1.54) is 17.9 Å². The second-order valence-electron chi connectivity index (χ2n) is 10.8. The number of H-pyrrole nitrogens is 1. The van der Waals surface area contributed by atoms with Crippen molar-refractivity contribution in [1.29, 1.82) is 0 Å². The van der Waals surface area contributed by atoms with Crippen molar-refractivity contribution in [3.05, 3.63) is 83.0 Å². The summed E-state index contributed by atoms with van der Waals surface area (Å²) >= 11 is 6.56. The van der Waals surface area contributed by atoms with E-state index >= 15 is 4.39 Å². The van der Waals surface area contributed by atoms with Gasteiger partial charge >= 0.3 is 0 Å². The minimum Gasteiger partial charge on any atom is -0.345 e. The fraction of sp³-hybridized carbons (Fsp3) is 0.258. The highest BCUT2D eigenvalue weighted by Gasteiger charge is 2.55. The van der Waals surface area contributed by atoms with Crippen LogP contribution in [0.5, 0.6) is 0 Å². The third-order valence-electron chi connectivity index (χ3n) is 8.30. The fourth-order valence-corrected chi connectivity index (χ4v) is 6.55. The van der Waals surface area contributed by atoms with E-state index < -0.39 is 11.9 Å². The number of imidazole rings is 1. The van der Waals surface area contributed by atoms with Crippen LogP contribution >= 0.6 is 11.6 Å². The number of amides is 1. The van der Waals surface area contributed by atoms with Crippen LogP contribution in [0.3, 0.4) is 0 Å². The van der Waals surface area contributed by atoms with Gasteiger partial charge in [-0.3, -0.25) is 19.1 Å². The van der Waals surface area contributed by atoms with E-state index in [4.69, 9.17) is 11.6 Å². The molecule has 2 fully saturated rings. The normalized spacial score (nSPS) is 19.6. The van der Waals surface area contributed by atoms with Gasteiger partial charge in [0.2, 0.25) is 5.91 Å². The number of hydrogen-bond acceptors (Lipinski definition) is 5. The van der Waals surface area contributed by atoms with Crippen molar-refractivity contribution in [3.63, 3.8) is 0 Å². The van der Waals surface area contributed by atoms with Gasteiger partial charge in [-0.2, -0.15) is 5.10 Å². The summed E-state index contributed by atoms with van der Waals surface area (Å²) < 4.78 is 17.3. The highest BCUT2D eigenvalue weighted by Crippen LogP contribution is 2.48. The van der Waals surface area contributed by atoms with Crippen molar-refractivity contribution in [2.45, 2.75) is 44.8 Å². The molecule has 3 aromatic carbocycles. The summed E-state index contributed by atoms with van der Waals surface area (Å²) in [6.45, 7) is 1.36. The van der Waals surface area contributed by atoms with Crippen LogP contribution in [0.25, 0.3) is 33.1 Å². The first kappa shape index (κ1) is 25.6. The molecule has 1 amide bonds. The molecule has 0 unspecified atom stereocenters. The van der Waals surface area contributed by atoms with Gasteiger partial charge in [0.25, 0.3) is 0 Å². The number of nitrogens with zero attached hydrogens (tertiary/aromatic N) is 4. The first-order valence-corrected chi connectivity index (χ1v) is 13.9. The number of carbonyl (C=O) groups excluding carboxylic acids is 3. The fourth-order valence-electron chi connectivity index (χ4n) is 6.23. The van der Waals surface area contributed by atoms with Gasteiger partial charge in [-0.05, 0) is 36.5 Å². The van der Waals surface area contributed by atoms with Crippen molar-refractivity contribution >= 4 is 51.0 Å². The summed E-state index contributed by atoms with van der Waals surface area (Å²) in [5, 5.41) is 5.44. The Balaban J connectivity index is 1.14. The van der Waals surface area contributed by atoms with Crippen LogP contribution in [0, 0.1) is 11.7 Å². The van der Waals surface area contributed by atoms with E-state index in [0.717, 1.165) is 11.9 Å². The summed E-state index contributed by atoms with van der Waals surface area (Å²) in [5.41, 5.74) is 3.33. The van der Waals surface area contributed by atoms with Crippen LogP contribution < -0.4 is 0 Å². The summed E-state index contributed by atoms with van der Waals surface area (Å²) in [7, 11) is 0. The number of aromatic nitrogens is 4. The molecule has 2 aliphatic rings. The average molecular weight is 570 g/mol. The molecule has 2 aromatic heterocycles. The van der Waals surface area contributed by atoms with Gasteiger partial charge in [0.15, 0.2) is 11.6 Å². The van der Waals surface area contributed by atoms with Gasteiger partial charge in [0.05, 0.1) is 28.4 Å². The summed E-state index contributed by atoms with van der Waals surface area (Å²) in [5.74, 6) is -0.863. The van der Waals surface area contributed by atoms with Crippen molar-refractivity contribution in [2.24, 2.45) is 5.92 Å². The predicted molar refractivity (Wildman–Crippen MR) is 152 cm³/mol. The number of nitrogens with one attached hydrogen (secondary N) is 1. The van der Waals surface area contributed by atoms with Crippen molar-refractivity contribution in [3.8, 4) is 11.1 Å². The molecule has 0 spiro atoms. The molecule has 0 bridgehead atoms. The summed E-state index contributed by atoms with van der Waals surface area (Å²) in [4.78, 5) is 48.2. The minimum absolute atomic E-state index is 0.00104. The molecule has 1 saturated heterocycles. The monoisotopic (exact) mass is 569 g/mol. The summed E-state index contributed by atoms with van der Waals surface area (Å²) in [6.07, 6.45) is 2.81. The van der Waals surface area contributed by atoms with Crippen LogP contribution in [0.1, 0.15) is 35.8 Å². The number of hydrogen-bond donors (Lipinski definition) is 1. The molecule has 10 heteroatoms. The minimum atomic E-state index is -0.632. The van der Waals surface area contributed by atoms with Gasteiger partial charge in [-0.1, -0.05) is 54.1 Å². The number of Topliss-reactive ketones (excluding diaryl/α,β-unsaturated/α-hetero) is 2. The number of rotatable bonds is 7. The number of halogens is 2. The standard InChI is InChI=1S/C31H25ClFN5O3/c1-16(39)30-21-6-2-3-8-23(21)37(36-30)14-27(41)38-24-11-18(24)12-25(38)26(40)13-17-5-4-7-20(29(17)33)19-9-10-22-31(28(19)32)35-15-34-22/h2-10,15,18,24-25H,11-14H2,1H3,(H,34,35)/t18-,24-,25+/m1/s1.